The molecule has 20 heavy (non-hydrogen) atoms. The predicted octanol–water partition coefficient (Wildman–Crippen LogP) is 3.37. The van der Waals surface area contributed by atoms with Crippen molar-refractivity contribution in [1.29, 1.82) is 0 Å². The second-order valence-electron chi connectivity index (χ2n) is 5.22. The lowest BCUT2D eigenvalue weighted by Crippen LogP contribution is -2.26. The molecule has 0 atom stereocenters. The van der Waals surface area contributed by atoms with Crippen molar-refractivity contribution in [2.45, 2.75) is 52.4 Å². The highest BCUT2D eigenvalue weighted by Gasteiger charge is 2.10. The number of hydrazine groups is 1. The minimum absolute atomic E-state index is 0.0634. The standard InChI is InChI=1S/C16H27N3O/c1-3-4-5-6-7-8-11-18-16(20)14-10-9-13(2)12-15(14)19-17/h9-10,12,19H,3-8,11,17H2,1-2H3,(H,18,20). The zero-order chi connectivity index (χ0) is 14.8. The van der Waals surface area contributed by atoms with Crippen LogP contribution in [0.15, 0.2) is 18.2 Å². The van der Waals surface area contributed by atoms with E-state index in [0.29, 0.717) is 11.3 Å². The van der Waals surface area contributed by atoms with E-state index in [9.17, 15) is 4.79 Å². The molecule has 0 saturated carbocycles. The van der Waals surface area contributed by atoms with Crippen LogP contribution in [0.1, 0.15) is 61.4 Å². The van der Waals surface area contributed by atoms with Crippen molar-refractivity contribution < 1.29 is 4.79 Å². The van der Waals surface area contributed by atoms with Crippen LogP contribution < -0.4 is 16.6 Å². The Kier molecular flexibility index (Phi) is 7.73. The van der Waals surface area contributed by atoms with Gasteiger partial charge in [-0.15, -0.1) is 0 Å². The van der Waals surface area contributed by atoms with E-state index in [1.807, 2.05) is 19.1 Å². The Bertz CT molecular complexity index is 418. The molecule has 0 heterocycles. The molecule has 0 aliphatic heterocycles. The second-order valence-corrected chi connectivity index (χ2v) is 5.22. The molecule has 1 aromatic carbocycles. The van der Waals surface area contributed by atoms with Crippen LogP contribution in [-0.4, -0.2) is 12.5 Å². The maximum absolute atomic E-state index is 12.1. The molecular formula is C16H27N3O. The molecule has 0 fully saturated rings. The summed E-state index contributed by atoms with van der Waals surface area (Å²) < 4.78 is 0. The number of anilines is 1. The molecule has 1 amide bonds. The highest BCUT2D eigenvalue weighted by molar-refractivity contribution is 5.99. The van der Waals surface area contributed by atoms with Crippen LogP contribution in [0.3, 0.4) is 0 Å². The van der Waals surface area contributed by atoms with Crippen LogP contribution >= 0.6 is 0 Å². The lowest BCUT2D eigenvalue weighted by molar-refractivity contribution is 0.0953. The Balaban J connectivity index is 2.32. The van der Waals surface area contributed by atoms with Gasteiger partial charge in [0.25, 0.3) is 5.91 Å². The highest BCUT2D eigenvalue weighted by atomic mass is 16.1. The maximum Gasteiger partial charge on any atom is 0.253 e. The van der Waals surface area contributed by atoms with Crippen LogP contribution in [0.25, 0.3) is 0 Å². The van der Waals surface area contributed by atoms with E-state index >= 15 is 0 Å². The van der Waals surface area contributed by atoms with Crippen molar-refractivity contribution in [1.82, 2.24) is 5.32 Å². The first-order valence-corrected chi connectivity index (χ1v) is 7.54. The number of nitrogens with two attached hydrogens (primary N) is 1. The molecule has 0 spiro atoms. The fourth-order valence-corrected chi connectivity index (χ4v) is 2.18. The van der Waals surface area contributed by atoms with Crippen molar-refractivity contribution in [3.63, 3.8) is 0 Å². The summed E-state index contributed by atoms with van der Waals surface area (Å²) in [7, 11) is 0. The largest absolute Gasteiger partial charge is 0.352 e. The number of amides is 1. The summed E-state index contributed by atoms with van der Waals surface area (Å²) in [5, 5.41) is 2.95. The van der Waals surface area contributed by atoms with Gasteiger partial charge in [0, 0.05) is 6.54 Å². The molecule has 0 aromatic heterocycles. The summed E-state index contributed by atoms with van der Waals surface area (Å²) >= 11 is 0. The molecular weight excluding hydrogens is 250 g/mol. The number of hydrogen-bond donors (Lipinski definition) is 3. The average Bonchev–Trinajstić information content (AvgIpc) is 2.45. The summed E-state index contributed by atoms with van der Waals surface area (Å²) in [6.45, 7) is 4.91. The van der Waals surface area contributed by atoms with E-state index in [4.69, 9.17) is 5.84 Å². The molecule has 0 aliphatic rings. The zero-order valence-corrected chi connectivity index (χ0v) is 12.7. The molecule has 0 bridgehead atoms. The van der Waals surface area contributed by atoms with E-state index in [-0.39, 0.29) is 5.91 Å². The number of rotatable bonds is 9. The Hall–Kier alpha value is -1.55. The van der Waals surface area contributed by atoms with Gasteiger partial charge in [0.1, 0.15) is 0 Å². The summed E-state index contributed by atoms with van der Waals surface area (Å²) in [4.78, 5) is 12.1. The van der Waals surface area contributed by atoms with Crippen molar-refractivity contribution >= 4 is 11.6 Å². The molecule has 0 saturated heterocycles. The smallest absolute Gasteiger partial charge is 0.253 e. The van der Waals surface area contributed by atoms with Crippen LogP contribution in [0, 0.1) is 6.92 Å². The van der Waals surface area contributed by atoms with Gasteiger partial charge in [-0.05, 0) is 31.0 Å². The number of carbonyl (C=O) groups excluding carboxylic acids is 1. The summed E-state index contributed by atoms with van der Waals surface area (Å²) in [5.74, 6) is 5.39. The molecule has 112 valence electrons. The van der Waals surface area contributed by atoms with Crippen LogP contribution in [0.5, 0.6) is 0 Å². The maximum atomic E-state index is 12.1. The third-order valence-electron chi connectivity index (χ3n) is 3.39. The Morgan fingerprint density at radius 2 is 1.85 bits per heavy atom. The number of carbonyl (C=O) groups is 1. The zero-order valence-electron chi connectivity index (χ0n) is 12.7. The fraction of sp³-hybridized carbons (Fsp3) is 0.562. The van der Waals surface area contributed by atoms with Gasteiger partial charge in [0.15, 0.2) is 0 Å². The first-order valence-electron chi connectivity index (χ1n) is 7.54. The van der Waals surface area contributed by atoms with Gasteiger partial charge in [-0.2, -0.15) is 0 Å². The number of hydrogen-bond acceptors (Lipinski definition) is 3. The highest BCUT2D eigenvalue weighted by Crippen LogP contribution is 2.16. The topological polar surface area (TPSA) is 67.2 Å². The van der Waals surface area contributed by atoms with E-state index < -0.39 is 0 Å². The Morgan fingerprint density at radius 3 is 2.55 bits per heavy atom. The van der Waals surface area contributed by atoms with Crippen molar-refractivity contribution in [3.8, 4) is 0 Å². The van der Waals surface area contributed by atoms with Gasteiger partial charge < -0.3 is 10.7 Å². The minimum atomic E-state index is -0.0634. The minimum Gasteiger partial charge on any atom is -0.352 e. The number of benzene rings is 1. The molecule has 0 unspecified atom stereocenters. The summed E-state index contributed by atoms with van der Waals surface area (Å²) in [6.07, 6.45) is 7.33. The van der Waals surface area contributed by atoms with E-state index in [0.717, 1.165) is 18.5 Å². The number of aryl methyl sites for hydroxylation is 1. The predicted molar refractivity (Wildman–Crippen MR) is 84.7 cm³/mol. The van der Waals surface area contributed by atoms with Gasteiger partial charge in [-0.3, -0.25) is 10.6 Å². The lowest BCUT2D eigenvalue weighted by Gasteiger charge is -2.10. The molecule has 0 aliphatic carbocycles. The first kappa shape index (κ1) is 16.5. The van der Waals surface area contributed by atoms with Gasteiger partial charge in [0.2, 0.25) is 0 Å². The number of nitrogen functional groups attached to an aromatic ring is 1. The Morgan fingerprint density at radius 1 is 1.15 bits per heavy atom. The molecule has 1 aromatic rings. The fourth-order valence-electron chi connectivity index (χ4n) is 2.18. The third-order valence-corrected chi connectivity index (χ3v) is 3.39. The van der Waals surface area contributed by atoms with E-state index in [1.165, 1.54) is 32.1 Å². The average molecular weight is 277 g/mol. The quantitative estimate of drug-likeness (QED) is 0.368. The van der Waals surface area contributed by atoms with E-state index in [2.05, 4.69) is 17.7 Å². The molecule has 4 nitrogen and oxygen atoms in total. The molecule has 1 rings (SSSR count). The van der Waals surface area contributed by atoms with E-state index in [1.54, 1.807) is 6.07 Å². The van der Waals surface area contributed by atoms with Crippen molar-refractivity contribution in [3.05, 3.63) is 29.3 Å². The van der Waals surface area contributed by atoms with Gasteiger partial charge in [-0.1, -0.05) is 45.1 Å². The monoisotopic (exact) mass is 277 g/mol. The van der Waals surface area contributed by atoms with Crippen LogP contribution in [0.4, 0.5) is 5.69 Å². The summed E-state index contributed by atoms with van der Waals surface area (Å²) in [5.41, 5.74) is 4.93. The van der Waals surface area contributed by atoms with Gasteiger partial charge in [-0.25, -0.2) is 0 Å². The molecule has 4 N–H and O–H groups in total. The van der Waals surface area contributed by atoms with Crippen molar-refractivity contribution in [2.75, 3.05) is 12.0 Å². The SMILES string of the molecule is CCCCCCCCNC(=O)c1ccc(C)cc1NN. The third kappa shape index (κ3) is 5.61. The van der Waals surface area contributed by atoms with Crippen molar-refractivity contribution in [2.24, 2.45) is 5.84 Å². The molecule has 4 heteroatoms. The van der Waals surface area contributed by atoms with Gasteiger partial charge in [0.05, 0.1) is 11.3 Å². The first-order chi connectivity index (χ1) is 9.69. The Labute approximate surface area is 122 Å². The van der Waals surface area contributed by atoms with Crippen LogP contribution in [0.2, 0.25) is 0 Å². The summed E-state index contributed by atoms with van der Waals surface area (Å²) in [6, 6.07) is 5.60. The second kappa shape index (κ2) is 9.37. The van der Waals surface area contributed by atoms with Crippen LogP contribution in [-0.2, 0) is 0 Å². The van der Waals surface area contributed by atoms with Gasteiger partial charge >= 0.3 is 0 Å². The molecule has 0 radical (unpaired) electrons. The number of unbranched alkanes of at least 4 members (excludes halogenated alkanes) is 5. The normalized spacial score (nSPS) is 10.3. The number of nitrogens with one attached hydrogen (secondary N) is 2. The lowest BCUT2D eigenvalue weighted by atomic mass is 10.1.